The zero-order chi connectivity index (χ0) is 19.6. The van der Waals surface area contributed by atoms with E-state index in [1.165, 1.54) is 0 Å². The molecule has 5 aliphatic carbocycles. The summed E-state index contributed by atoms with van der Waals surface area (Å²) < 4.78 is 65.2. The van der Waals surface area contributed by atoms with Gasteiger partial charge in [-0.1, -0.05) is 24.2 Å². The fourth-order valence-corrected chi connectivity index (χ4v) is 1.78. The second-order valence-electron chi connectivity index (χ2n) is 4.02. The Bertz CT molecular complexity index is 823. The molecule has 6 rings (SSSR count). The first-order valence-electron chi connectivity index (χ1n) is 9.48. The standard InChI is InChI=1S/C16H14O2/c17-15-10-14-8-6-12-2-1-11(3-4-12)5-7-13(15)9-16(14)18/h1-4,9-10H,5-8H2/i1D,2D,3D,4D,5D2,6D2. The predicted molar refractivity (Wildman–Crippen MR) is 69.3 cm³/mol. The Morgan fingerprint density at radius 2 is 1.22 bits per heavy atom. The molecular formula is C16H14O2. The van der Waals surface area contributed by atoms with Crippen LogP contribution in [0.5, 0.6) is 0 Å². The Balaban J connectivity index is 2.42. The molecule has 0 aromatic heterocycles. The van der Waals surface area contributed by atoms with Crippen molar-refractivity contribution in [2.45, 2.75) is 25.6 Å². The van der Waals surface area contributed by atoms with Gasteiger partial charge in [-0.05, 0) is 48.9 Å². The molecule has 90 valence electrons. The maximum atomic E-state index is 12.2. The highest BCUT2D eigenvalue weighted by Crippen LogP contribution is 2.22. The van der Waals surface area contributed by atoms with E-state index in [-0.39, 0.29) is 11.1 Å². The first-order valence-corrected chi connectivity index (χ1v) is 5.48. The summed E-state index contributed by atoms with van der Waals surface area (Å²) in [7, 11) is 0. The van der Waals surface area contributed by atoms with Crippen LogP contribution in [0, 0.1) is 0 Å². The first-order chi connectivity index (χ1) is 11.9. The van der Waals surface area contributed by atoms with Crippen molar-refractivity contribution >= 4 is 11.6 Å². The normalized spacial score (nSPS) is 31.1. The summed E-state index contributed by atoms with van der Waals surface area (Å²) in [6.07, 6.45) is -4.12. The van der Waals surface area contributed by atoms with Gasteiger partial charge in [0, 0.05) is 16.6 Å². The van der Waals surface area contributed by atoms with Gasteiger partial charge in [-0.2, -0.15) is 0 Å². The molecular weight excluding hydrogens is 224 g/mol. The van der Waals surface area contributed by atoms with Gasteiger partial charge < -0.3 is 0 Å². The molecule has 0 radical (unpaired) electrons. The summed E-state index contributed by atoms with van der Waals surface area (Å²) in [6, 6.07) is -2.72. The second-order valence-corrected chi connectivity index (χ2v) is 4.02. The van der Waals surface area contributed by atoms with Crippen LogP contribution in [-0.2, 0) is 22.3 Å². The lowest BCUT2D eigenvalue weighted by atomic mass is 9.89. The van der Waals surface area contributed by atoms with Crippen LogP contribution < -0.4 is 0 Å². The average molecular weight is 246 g/mol. The fourth-order valence-electron chi connectivity index (χ4n) is 1.78. The number of carbonyl (C=O) groups excluding carboxylic acids is 2. The minimum absolute atomic E-state index is 0.147. The Morgan fingerprint density at radius 1 is 0.833 bits per heavy atom. The molecule has 0 N–H and O–H groups in total. The summed E-state index contributed by atoms with van der Waals surface area (Å²) in [5, 5.41) is 0. The Morgan fingerprint density at radius 3 is 1.61 bits per heavy atom. The SMILES string of the molecule is [2H]c1c([2H])c2c([2H])c([2H])c1C([2H])([2H])CC1=CC(=O)C(=CC1=O)CC2([2H])[2H]. The quantitative estimate of drug-likeness (QED) is 0.659. The number of benzene rings is 1. The van der Waals surface area contributed by atoms with Gasteiger partial charge >= 0.3 is 0 Å². The first kappa shape index (κ1) is 5.35. The summed E-state index contributed by atoms with van der Waals surface area (Å²) in [5.41, 5.74) is -1.40. The van der Waals surface area contributed by atoms with Gasteiger partial charge in [0.15, 0.2) is 11.6 Å². The molecule has 0 spiro atoms. The maximum absolute atomic E-state index is 12.2. The third kappa shape index (κ3) is 2.06. The van der Waals surface area contributed by atoms with Crippen LogP contribution in [0.3, 0.4) is 0 Å². The molecule has 0 fully saturated rings. The Labute approximate surface area is 117 Å². The van der Waals surface area contributed by atoms with Gasteiger partial charge in [-0.25, -0.2) is 0 Å². The Hall–Kier alpha value is -1.96. The van der Waals surface area contributed by atoms with Crippen LogP contribution in [0.15, 0.2) is 47.5 Å². The molecule has 0 amide bonds. The van der Waals surface area contributed by atoms with Crippen LogP contribution in [0.1, 0.15) is 34.9 Å². The molecule has 0 heterocycles. The third-order valence-electron chi connectivity index (χ3n) is 2.78. The molecule has 2 heteroatoms. The molecule has 0 unspecified atom stereocenters. The minimum atomic E-state index is -2.45. The highest BCUT2D eigenvalue weighted by atomic mass is 16.1. The van der Waals surface area contributed by atoms with Crippen LogP contribution in [0.2, 0.25) is 0 Å². The fraction of sp³-hybridized carbons (Fsp3) is 0.250. The van der Waals surface area contributed by atoms with Crippen molar-refractivity contribution < 1.29 is 20.6 Å². The zero-order valence-electron chi connectivity index (χ0n) is 17.4. The van der Waals surface area contributed by atoms with Crippen molar-refractivity contribution in [2.24, 2.45) is 0 Å². The highest BCUT2D eigenvalue weighted by molar-refractivity contribution is 6.19. The molecule has 18 heavy (non-hydrogen) atoms. The van der Waals surface area contributed by atoms with E-state index in [1.807, 2.05) is 0 Å². The predicted octanol–water partition coefficient (Wildman–Crippen LogP) is 2.57. The number of hydrogen-bond acceptors (Lipinski definition) is 2. The number of ketones is 2. The number of carbonyl (C=O) groups is 2. The minimum Gasteiger partial charge on any atom is -0.290 e. The van der Waals surface area contributed by atoms with E-state index >= 15 is 0 Å². The molecule has 0 saturated heterocycles. The number of hydrogen-bond donors (Lipinski definition) is 0. The summed E-state index contributed by atoms with van der Waals surface area (Å²) in [5.74, 6) is -1.24. The van der Waals surface area contributed by atoms with Gasteiger partial charge in [0.1, 0.15) is 0 Å². The summed E-state index contributed by atoms with van der Waals surface area (Å²) >= 11 is 0. The summed E-state index contributed by atoms with van der Waals surface area (Å²) in [6.45, 7) is 0. The maximum Gasteiger partial charge on any atom is 0.182 e. The molecule has 5 aliphatic rings. The summed E-state index contributed by atoms with van der Waals surface area (Å²) in [4.78, 5) is 24.5. The molecule has 2 nitrogen and oxygen atoms in total. The molecule has 0 aliphatic heterocycles. The lowest BCUT2D eigenvalue weighted by Gasteiger charge is -2.14. The van der Waals surface area contributed by atoms with Gasteiger partial charge in [0.05, 0.1) is 5.48 Å². The molecule has 1 aromatic carbocycles. The number of allylic oxidation sites excluding steroid dienone is 4. The van der Waals surface area contributed by atoms with E-state index in [2.05, 4.69) is 0 Å². The van der Waals surface area contributed by atoms with E-state index in [0.717, 1.165) is 12.2 Å². The third-order valence-corrected chi connectivity index (χ3v) is 2.78. The van der Waals surface area contributed by atoms with E-state index < -0.39 is 72.5 Å². The van der Waals surface area contributed by atoms with Crippen LogP contribution in [-0.4, -0.2) is 11.6 Å². The van der Waals surface area contributed by atoms with Crippen molar-refractivity contribution in [3.8, 4) is 0 Å². The van der Waals surface area contributed by atoms with Crippen molar-refractivity contribution in [2.75, 3.05) is 0 Å². The van der Waals surface area contributed by atoms with Gasteiger partial charge in [-0.3, -0.25) is 9.59 Å². The second kappa shape index (κ2) is 4.37. The average Bonchev–Trinajstić information content (AvgIpc) is 2.49. The monoisotopic (exact) mass is 246 g/mol. The largest absolute Gasteiger partial charge is 0.290 e. The van der Waals surface area contributed by atoms with Crippen molar-refractivity contribution in [3.63, 3.8) is 0 Å². The van der Waals surface area contributed by atoms with Gasteiger partial charge in [0.2, 0.25) is 0 Å². The number of rotatable bonds is 0. The molecule has 0 atom stereocenters. The van der Waals surface area contributed by atoms with E-state index in [4.69, 9.17) is 11.0 Å². The highest BCUT2D eigenvalue weighted by Gasteiger charge is 2.20. The van der Waals surface area contributed by atoms with Crippen LogP contribution >= 0.6 is 0 Å². The lowest BCUT2D eigenvalue weighted by Crippen LogP contribution is -2.15. The lowest BCUT2D eigenvalue weighted by molar-refractivity contribution is -0.115. The van der Waals surface area contributed by atoms with E-state index in [0.29, 0.717) is 0 Å². The smallest absolute Gasteiger partial charge is 0.182 e. The van der Waals surface area contributed by atoms with Crippen LogP contribution in [0.4, 0.5) is 0 Å². The van der Waals surface area contributed by atoms with Crippen molar-refractivity contribution in [3.05, 3.63) is 58.6 Å². The van der Waals surface area contributed by atoms with E-state index in [1.54, 1.807) is 0 Å². The topological polar surface area (TPSA) is 34.1 Å². The van der Waals surface area contributed by atoms with Crippen LogP contribution in [0.25, 0.3) is 0 Å². The van der Waals surface area contributed by atoms with Crippen molar-refractivity contribution in [1.29, 1.82) is 0 Å². The molecule has 1 aromatic rings. The Kier molecular flexibility index (Phi) is 1.30. The molecule has 4 bridgehead atoms. The van der Waals surface area contributed by atoms with Crippen molar-refractivity contribution in [1.82, 2.24) is 0 Å². The van der Waals surface area contributed by atoms with E-state index in [9.17, 15) is 9.59 Å². The zero-order valence-corrected chi connectivity index (χ0v) is 9.39. The van der Waals surface area contributed by atoms with Gasteiger partial charge in [0.25, 0.3) is 0 Å². The molecule has 0 saturated carbocycles. The van der Waals surface area contributed by atoms with Gasteiger partial charge in [-0.15, -0.1) is 0 Å².